The van der Waals surface area contributed by atoms with Crippen LogP contribution in [0.1, 0.15) is 5.56 Å². The third kappa shape index (κ3) is 2.10. The Bertz CT molecular complexity index is 686. The number of rotatable bonds is 2. The monoisotopic (exact) mass is 310 g/mol. The van der Waals surface area contributed by atoms with Crippen molar-refractivity contribution in [2.24, 2.45) is 0 Å². The molecule has 0 radical (unpaired) electrons. The standard InChI is InChI=1S/C11H6N2O5S2/c14-10-7(20-11(19)12-10)3-5-1-2-6-9(18-4-17-6)8(5)13(15)16/h1-3H,4H2,(H,12,14,19). The van der Waals surface area contributed by atoms with Crippen molar-refractivity contribution in [3.63, 3.8) is 0 Å². The number of benzene rings is 1. The molecule has 1 amide bonds. The van der Waals surface area contributed by atoms with E-state index in [2.05, 4.69) is 5.32 Å². The Balaban J connectivity index is 2.11. The Kier molecular flexibility index (Phi) is 3.07. The molecule has 0 unspecified atom stereocenters. The van der Waals surface area contributed by atoms with Crippen LogP contribution in [0.2, 0.25) is 0 Å². The highest BCUT2D eigenvalue weighted by molar-refractivity contribution is 8.26. The molecule has 1 aromatic rings. The lowest BCUT2D eigenvalue weighted by atomic mass is 10.1. The van der Waals surface area contributed by atoms with Crippen LogP contribution in [0.4, 0.5) is 5.69 Å². The maximum atomic E-state index is 11.6. The third-order valence-electron chi connectivity index (χ3n) is 2.66. The number of amides is 1. The van der Waals surface area contributed by atoms with Gasteiger partial charge in [0.1, 0.15) is 4.32 Å². The van der Waals surface area contributed by atoms with Crippen molar-refractivity contribution in [1.82, 2.24) is 5.32 Å². The molecule has 102 valence electrons. The second-order valence-electron chi connectivity index (χ2n) is 3.85. The molecule has 7 nitrogen and oxygen atoms in total. The lowest BCUT2D eigenvalue weighted by molar-refractivity contribution is -0.385. The number of hydrogen-bond acceptors (Lipinski definition) is 7. The van der Waals surface area contributed by atoms with E-state index in [9.17, 15) is 14.9 Å². The molecule has 1 N–H and O–H groups in total. The minimum Gasteiger partial charge on any atom is -0.453 e. The zero-order valence-corrected chi connectivity index (χ0v) is 11.4. The van der Waals surface area contributed by atoms with Crippen molar-refractivity contribution in [1.29, 1.82) is 0 Å². The number of carbonyl (C=O) groups is 1. The summed E-state index contributed by atoms with van der Waals surface area (Å²) in [4.78, 5) is 22.5. The van der Waals surface area contributed by atoms with Crippen molar-refractivity contribution >= 4 is 46.0 Å². The molecule has 9 heteroatoms. The van der Waals surface area contributed by atoms with E-state index in [1.807, 2.05) is 0 Å². The minimum atomic E-state index is -0.560. The maximum absolute atomic E-state index is 11.6. The SMILES string of the molecule is O=C1NC(=S)SC1=Cc1ccc2c(c1[N+](=O)[O-])OCO2. The minimum absolute atomic E-state index is 0.0600. The summed E-state index contributed by atoms with van der Waals surface area (Å²) in [5.74, 6) is 0.0280. The molecule has 0 spiro atoms. The average molecular weight is 310 g/mol. The highest BCUT2D eigenvalue weighted by Crippen LogP contribution is 2.44. The highest BCUT2D eigenvalue weighted by atomic mass is 32.2. The smallest absolute Gasteiger partial charge is 0.322 e. The summed E-state index contributed by atoms with van der Waals surface area (Å²) in [6.07, 6.45) is 1.42. The molecule has 1 fully saturated rings. The summed E-state index contributed by atoms with van der Waals surface area (Å²) in [6, 6.07) is 3.07. The number of fused-ring (bicyclic) bond motifs is 1. The Labute approximate surface area is 122 Å². The number of nitro groups is 1. The van der Waals surface area contributed by atoms with E-state index >= 15 is 0 Å². The van der Waals surface area contributed by atoms with Gasteiger partial charge in [-0.2, -0.15) is 0 Å². The number of hydrogen-bond donors (Lipinski definition) is 1. The first-order chi connectivity index (χ1) is 9.56. The molecule has 1 saturated heterocycles. The van der Waals surface area contributed by atoms with Gasteiger partial charge in [0.2, 0.25) is 12.5 Å². The van der Waals surface area contributed by atoms with Gasteiger partial charge in [0.05, 0.1) is 15.4 Å². The van der Waals surface area contributed by atoms with Crippen LogP contribution in [0.15, 0.2) is 17.0 Å². The van der Waals surface area contributed by atoms with Gasteiger partial charge >= 0.3 is 5.69 Å². The zero-order chi connectivity index (χ0) is 14.3. The van der Waals surface area contributed by atoms with Crippen molar-refractivity contribution in [3.8, 4) is 11.5 Å². The number of nitro benzene ring substituents is 1. The summed E-state index contributed by atoms with van der Waals surface area (Å²) in [5.41, 5.74) is 0.0420. The quantitative estimate of drug-likeness (QED) is 0.385. The summed E-state index contributed by atoms with van der Waals surface area (Å²) >= 11 is 5.92. The Morgan fingerprint density at radius 2 is 2.25 bits per heavy atom. The van der Waals surface area contributed by atoms with Crippen molar-refractivity contribution in [2.75, 3.05) is 6.79 Å². The normalized spacial score (nSPS) is 18.5. The van der Waals surface area contributed by atoms with E-state index < -0.39 is 4.92 Å². The van der Waals surface area contributed by atoms with Crippen molar-refractivity contribution in [3.05, 3.63) is 32.7 Å². The topological polar surface area (TPSA) is 90.7 Å². The Hall–Kier alpha value is -2.13. The Morgan fingerprint density at radius 3 is 2.90 bits per heavy atom. The van der Waals surface area contributed by atoms with Gasteiger partial charge in [-0.3, -0.25) is 14.9 Å². The number of thiocarbonyl (C=S) groups is 1. The second kappa shape index (κ2) is 4.76. The van der Waals surface area contributed by atoms with E-state index in [4.69, 9.17) is 21.7 Å². The van der Waals surface area contributed by atoms with Gasteiger partial charge in [0.15, 0.2) is 5.75 Å². The summed E-state index contributed by atoms with van der Waals surface area (Å²) in [5, 5.41) is 13.7. The van der Waals surface area contributed by atoms with Crippen LogP contribution in [0.5, 0.6) is 11.5 Å². The third-order valence-corrected chi connectivity index (χ3v) is 3.82. The Morgan fingerprint density at radius 1 is 1.45 bits per heavy atom. The average Bonchev–Trinajstić information content (AvgIpc) is 2.95. The van der Waals surface area contributed by atoms with Gasteiger partial charge in [0, 0.05) is 0 Å². The summed E-state index contributed by atoms with van der Waals surface area (Å²) < 4.78 is 10.5. The van der Waals surface area contributed by atoms with Gasteiger partial charge in [-0.15, -0.1) is 0 Å². The second-order valence-corrected chi connectivity index (χ2v) is 5.57. The van der Waals surface area contributed by atoms with E-state index in [0.29, 0.717) is 15.0 Å². The fourth-order valence-electron chi connectivity index (χ4n) is 1.84. The summed E-state index contributed by atoms with van der Waals surface area (Å²) in [6.45, 7) is -0.0600. The lowest BCUT2D eigenvalue weighted by Crippen LogP contribution is -2.17. The van der Waals surface area contributed by atoms with E-state index in [1.165, 1.54) is 12.1 Å². The van der Waals surface area contributed by atoms with Gasteiger partial charge in [-0.05, 0) is 18.2 Å². The molecule has 2 heterocycles. The number of nitrogens with one attached hydrogen (secondary N) is 1. The molecular weight excluding hydrogens is 304 g/mol. The van der Waals surface area contributed by atoms with Crippen molar-refractivity contribution in [2.45, 2.75) is 0 Å². The van der Waals surface area contributed by atoms with Crippen LogP contribution in [0, 0.1) is 10.1 Å². The molecule has 0 bridgehead atoms. The molecule has 0 aromatic heterocycles. The first kappa shape index (κ1) is 12.9. The first-order valence-electron chi connectivity index (χ1n) is 5.38. The molecular formula is C11H6N2O5S2. The molecule has 2 aliphatic rings. The van der Waals surface area contributed by atoms with Crippen LogP contribution in [-0.2, 0) is 4.79 Å². The van der Waals surface area contributed by atoms with E-state index in [0.717, 1.165) is 11.8 Å². The largest absolute Gasteiger partial charge is 0.453 e. The molecule has 0 saturated carbocycles. The number of thioether (sulfide) groups is 1. The number of carbonyl (C=O) groups excluding carboxylic acids is 1. The van der Waals surface area contributed by atoms with Crippen LogP contribution in [0.25, 0.3) is 6.08 Å². The van der Waals surface area contributed by atoms with Crippen LogP contribution < -0.4 is 14.8 Å². The summed E-state index contributed by atoms with van der Waals surface area (Å²) in [7, 11) is 0. The van der Waals surface area contributed by atoms with E-state index in [1.54, 1.807) is 6.07 Å². The first-order valence-corrected chi connectivity index (χ1v) is 6.60. The fourth-order valence-corrected chi connectivity index (χ4v) is 2.88. The van der Waals surface area contributed by atoms with E-state index in [-0.39, 0.29) is 29.7 Å². The molecule has 1 aromatic carbocycles. The predicted molar refractivity (Wildman–Crippen MR) is 75.5 cm³/mol. The fraction of sp³-hybridized carbons (Fsp3) is 0.0909. The molecule has 0 aliphatic carbocycles. The molecule has 0 atom stereocenters. The zero-order valence-electron chi connectivity index (χ0n) is 9.74. The molecule has 2 aliphatic heterocycles. The van der Waals surface area contributed by atoms with Gasteiger partial charge in [-0.1, -0.05) is 24.0 Å². The number of nitrogens with zero attached hydrogens (tertiary/aromatic N) is 1. The maximum Gasteiger partial charge on any atom is 0.322 e. The lowest BCUT2D eigenvalue weighted by Gasteiger charge is -2.02. The van der Waals surface area contributed by atoms with Crippen LogP contribution in [0.3, 0.4) is 0 Å². The molecule has 20 heavy (non-hydrogen) atoms. The van der Waals surface area contributed by atoms with Gasteiger partial charge < -0.3 is 14.8 Å². The molecule has 3 rings (SSSR count). The number of ether oxygens (including phenoxy) is 2. The van der Waals surface area contributed by atoms with Crippen LogP contribution in [-0.4, -0.2) is 21.9 Å². The van der Waals surface area contributed by atoms with Crippen molar-refractivity contribution < 1.29 is 19.2 Å². The van der Waals surface area contributed by atoms with Crippen LogP contribution >= 0.6 is 24.0 Å². The highest BCUT2D eigenvalue weighted by Gasteiger charge is 2.30. The van der Waals surface area contributed by atoms with Gasteiger partial charge in [0.25, 0.3) is 5.91 Å². The predicted octanol–water partition coefficient (Wildman–Crippen LogP) is 1.81. The van der Waals surface area contributed by atoms with Gasteiger partial charge in [-0.25, -0.2) is 0 Å².